The van der Waals surface area contributed by atoms with Gasteiger partial charge in [-0.2, -0.15) is 0 Å². The van der Waals surface area contributed by atoms with Gasteiger partial charge in [-0.05, 0) is 5.56 Å². The van der Waals surface area contributed by atoms with Crippen LogP contribution in [0, 0.1) is 0 Å². The van der Waals surface area contributed by atoms with Crippen molar-refractivity contribution in [3.05, 3.63) is 35.9 Å². The Hall–Kier alpha value is -0.860. The molecule has 0 spiro atoms. The van der Waals surface area contributed by atoms with E-state index in [2.05, 4.69) is 24.3 Å². The molecule has 2 aliphatic rings. The maximum absolute atomic E-state index is 5.69. The molecule has 0 N–H and O–H groups in total. The molecule has 0 bridgehead atoms. The first-order valence-corrected chi connectivity index (χ1v) is 4.75. The molecule has 3 rings (SSSR count). The number of ether oxygens (including phenoxy) is 2. The minimum atomic E-state index is 0.255. The molecular formula is C11H12O2. The first kappa shape index (κ1) is 7.54. The Labute approximate surface area is 77.5 Å². The molecule has 1 aromatic carbocycles. The normalized spacial score (nSPS) is 36.8. The second-order valence-electron chi connectivity index (χ2n) is 3.68. The van der Waals surface area contributed by atoms with Crippen molar-refractivity contribution in [2.75, 3.05) is 6.61 Å². The summed E-state index contributed by atoms with van der Waals surface area (Å²) < 4.78 is 11.1. The van der Waals surface area contributed by atoms with Gasteiger partial charge in [0, 0.05) is 6.42 Å². The van der Waals surface area contributed by atoms with E-state index in [0.29, 0.717) is 12.2 Å². The number of hydrogen-bond donors (Lipinski definition) is 0. The fraction of sp³-hybridized carbons (Fsp3) is 0.455. The molecule has 0 saturated carbocycles. The van der Waals surface area contributed by atoms with Crippen molar-refractivity contribution in [2.24, 2.45) is 0 Å². The lowest BCUT2D eigenvalue weighted by molar-refractivity contribution is 0.0289. The molecular weight excluding hydrogens is 164 g/mol. The highest BCUT2D eigenvalue weighted by molar-refractivity contribution is 5.19. The van der Waals surface area contributed by atoms with Gasteiger partial charge in [-0.15, -0.1) is 0 Å². The molecule has 0 amide bonds. The van der Waals surface area contributed by atoms with Crippen LogP contribution in [-0.2, 0) is 9.47 Å². The van der Waals surface area contributed by atoms with E-state index in [-0.39, 0.29) is 6.10 Å². The lowest BCUT2D eigenvalue weighted by atomic mass is 10.0. The third-order valence-corrected chi connectivity index (χ3v) is 2.77. The molecule has 13 heavy (non-hydrogen) atoms. The van der Waals surface area contributed by atoms with Crippen LogP contribution in [0.2, 0.25) is 0 Å². The SMILES string of the molecule is c1ccc([C@@H]2C[C@H]3O[C@H]3CO2)cc1. The predicted molar refractivity (Wildman–Crippen MR) is 48.4 cm³/mol. The Balaban J connectivity index is 1.78. The van der Waals surface area contributed by atoms with Crippen LogP contribution in [0.1, 0.15) is 18.1 Å². The molecule has 0 aliphatic carbocycles. The van der Waals surface area contributed by atoms with Crippen LogP contribution in [0.5, 0.6) is 0 Å². The zero-order chi connectivity index (χ0) is 8.67. The number of benzene rings is 1. The van der Waals surface area contributed by atoms with Crippen molar-refractivity contribution >= 4 is 0 Å². The number of fused-ring (bicyclic) bond motifs is 1. The van der Waals surface area contributed by atoms with Crippen LogP contribution in [0.15, 0.2) is 30.3 Å². The van der Waals surface area contributed by atoms with Crippen LogP contribution >= 0.6 is 0 Å². The Morgan fingerprint density at radius 3 is 2.69 bits per heavy atom. The van der Waals surface area contributed by atoms with E-state index in [4.69, 9.17) is 9.47 Å². The van der Waals surface area contributed by atoms with Gasteiger partial charge in [-0.1, -0.05) is 30.3 Å². The lowest BCUT2D eigenvalue weighted by Crippen LogP contribution is -2.18. The zero-order valence-corrected chi connectivity index (χ0v) is 7.35. The fourth-order valence-corrected chi connectivity index (χ4v) is 1.92. The average molecular weight is 176 g/mol. The summed E-state index contributed by atoms with van der Waals surface area (Å²) >= 11 is 0. The highest BCUT2D eigenvalue weighted by atomic mass is 16.6. The maximum Gasteiger partial charge on any atom is 0.108 e. The van der Waals surface area contributed by atoms with E-state index >= 15 is 0 Å². The summed E-state index contributed by atoms with van der Waals surface area (Å²) in [5.41, 5.74) is 1.27. The van der Waals surface area contributed by atoms with Gasteiger partial charge >= 0.3 is 0 Å². The van der Waals surface area contributed by atoms with Crippen LogP contribution in [0.4, 0.5) is 0 Å². The third kappa shape index (κ3) is 1.36. The second-order valence-corrected chi connectivity index (χ2v) is 3.68. The quantitative estimate of drug-likeness (QED) is 0.610. The van der Waals surface area contributed by atoms with E-state index in [1.807, 2.05) is 6.07 Å². The van der Waals surface area contributed by atoms with E-state index in [1.54, 1.807) is 0 Å². The van der Waals surface area contributed by atoms with Gasteiger partial charge in [-0.25, -0.2) is 0 Å². The van der Waals surface area contributed by atoms with Crippen LogP contribution in [0.25, 0.3) is 0 Å². The predicted octanol–water partition coefficient (Wildman–Crippen LogP) is 1.92. The highest BCUT2D eigenvalue weighted by Crippen LogP contribution is 2.38. The number of rotatable bonds is 1. The van der Waals surface area contributed by atoms with Crippen molar-refractivity contribution in [1.29, 1.82) is 0 Å². The molecule has 1 aromatic rings. The topological polar surface area (TPSA) is 21.8 Å². The zero-order valence-electron chi connectivity index (χ0n) is 7.35. The number of epoxide rings is 1. The molecule has 0 radical (unpaired) electrons. The van der Waals surface area contributed by atoms with Crippen molar-refractivity contribution in [2.45, 2.75) is 24.7 Å². The largest absolute Gasteiger partial charge is 0.371 e. The molecule has 2 heterocycles. The van der Waals surface area contributed by atoms with Crippen molar-refractivity contribution < 1.29 is 9.47 Å². The van der Waals surface area contributed by atoms with E-state index in [9.17, 15) is 0 Å². The summed E-state index contributed by atoms with van der Waals surface area (Å²) in [5.74, 6) is 0. The Kier molecular flexibility index (Phi) is 1.64. The second kappa shape index (κ2) is 2.82. The summed E-state index contributed by atoms with van der Waals surface area (Å²) in [4.78, 5) is 0. The molecule has 3 atom stereocenters. The molecule has 0 unspecified atom stereocenters. The minimum absolute atomic E-state index is 0.255. The van der Waals surface area contributed by atoms with Crippen molar-refractivity contribution in [1.82, 2.24) is 0 Å². The lowest BCUT2D eigenvalue weighted by Gasteiger charge is -2.19. The van der Waals surface area contributed by atoms with Crippen LogP contribution in [-0.4, -0.2) is 18.8 Å². The van der Waals surface area contributed by atoms with Gasteiger partial charge in [0.2, 0.25) is 0 Å². The van der Waals surface area contributed by atoms with Gasteiger partial charge in [0.25, 0.3) is 0 Å². The third-order valence-electron chi connectivity index (χ3n) is 2.77. The van der Waals surface area contributed by atoms with Crippen molar-refractivity contribution in [3.8, 4) is 0 Å². The first-order chi connectivity index (χ1) is 6.43. The smallest absolute Gasteiger partial charge is 0.108 e. The van der Waals surface area contributed by atoms with Crippen LogP contribution < -0.4 is 0 Å². The maximum atomic E-state index is 5.69. The molecule has 2 fully saturated rings. The monoisotopic (exact) mass is 176 g/mol. The fourth-order valence-electron chi connectivity index (χ4n) is 1.92. The van der Waals surface area contributed by atoms with E-state index in [0.717, 1.165) is 13.0 Å². The minimum Gasteiger partial charge on any atom is -0.371 e. The van der Waals surface area contributed by atoms with Crippen molar-refractivity contribution in [3.63, 3.8) is 0 Å². The Morgan fingerprint density at radius 2 is 1.92 bits per heavy atom. The van der Waals surface area contributed by atoms with Gasteiger partial charge in [-0.3, -0.25) is 0 Å². The number of hydrogen-bond acceptors (Lipinski definition) is 2. The van der Waals surface area contributed by atoms with Crippen LogP contribution in [0.3, 0.4) is 0 Å². The average Bonchev–Trinajstić information content (AvgIpc) is 2.96. The summed E-state index contributed by atoms with van der Waals surface area (Å²) in [5, 5.41) is 0. The Bertz CT molecular complexity index is 296. The van der Waals surface area contributed by atoms with Gasteiger partial charge in [0.05, 0.1) is 18.8 Å². The molecule has 2 nitrogen and oxygen atoms in total. The highest BCUT2D eigenvalue weighted by Gasteiger charge is 2.45. The molecule has 68 valence electrons. The molecule has 2 aliphatic heterocycles. The van der Waals surface area contributed by atoms with Gasteiger partial charge in [0.1, 0.15) is 6.10 Å². The summed E-state index contributed by atoms with van der Waals surface area (Å²) in [6.45, 7) is 0.768. The summed E-state index contributed by atoms with van der Waals surface area (Å²) in [6, 6.07) is 10.4. The van der Waals surface area contributed by atoms with Gasteiger partial charge in [0.15, 0.2) is 0 Å². The summed E-state index contributed by atoms with van der Waals surface area (Å²) in [7, 11) is 0. The molecule has 0 aromatic heterocycles. The van der Waals surface area contributed by atoms with Gasteiger partial charge < -0.3 is 9.47 Å². The molecule has 2 heteroatoms. The van der Waals surface area contributed by atoms with E-state index in [1.165, 1.54) is 5.56 Å². The molecule has 2 saturated heterocycles. The first-order valence-electron chi connectivity index (χ1n) is 4.75. The standard InChI is InChI=1S/C11H12O2/c1-2-4-8(5-3-1)9-6-10-11(13-10)7-12-9/h1-5,9-11H,6-7H2/t9-,10+,11-/m0/s1. The summed E-state index contributed by atoms with van der Waals surface area (Å²) in [6.07, 6.45) is 2.15. The Morgan fingerprint density at radius 1 is 1.08 bits per heavy atom. The van der Waals surface area contributed by atoms with E-state index < -0.39 is 0 Å².